The van der Waals surface area contributed by atoms with Crippen molar-refractivity contribution in [1.29, 1.82) is 0 Å². The summed E-state index contributed by atoms with van der Waals surface area (Å²) in [6.45, 7) is 4.46. The molecule has 11 heavy (non-hydrogen) atoms. The molecular formula is C8H18O3. The van der Waals surface area contributed by atoms with Crippen molar-refractivity contribution in [3.63, 3.8) is 0 Å². The highest BCUT2D eigenvalue weighted by atomic mass is 16.7. The van der Waals surface area contributed by atoms with Gasteiger partial charge in [0.05, 0.1) is 6.10 Å². The van der Waals surface area contributed by atoms with E-state index >= 15 is 0 Å². The Morgan fingerprint density at radius 2 is 2.00 bits per heavy atom. The van der Waals surface area contributed by atoms with Crippen LogP contribution in [0.3, 0.4) is 0 Å². The number of aliphatic hydroxyl groups is 1. The van der Waals surface area contributed by atoms with Gasteiger partial charge in [0.25, 0.3) is 0 Å². The molecule has 0 saturated carbocycles. The molecule has 0 bridgehead atoms. The fraction of sp³-hybridized carbons (Fsp3) is 1.00. The smallest absolute Gasteiger partial charge is 0.159 e. The van der Waals surface area contributed by atoms with Crippen molar-refractivity contribution in [2.75, 3.05) is 13.7 Å². The molecule has 0 aliphatic heterocycles. The summed E-state index contributed by atoms with van der Waals surface area (Å²) in [6, 6.07) is 0. The van der Waals surface area contributed by atoms with Crippen LogP contribution in [-0.4, -0.2) is 31.2 Å². The zero-order chi connectivity index (χ0) is 8.69. The first kappa shape index (κ1) is 10.9. The van der Waals surface area contributed by atoms with Gasteiger partial charge in [-0.1, -0.05) is 6.92 Å². The van der Waals surface area contributed by atoms with Gasteiger partial charge in [0.1, 0.15) is 0 Å². The molecule has 0 spiro atoms. The molecule has 1 N–H and O–H groups in total. The molecular weight excluding hydrogens is 144 g/mol. The van der Waals surface area contributed by atoms with Crippen molar-refractivity contribution in [2.45, 2.75) is 39.1 Å². The van der Waals surface area contributed by atoms with Gasteiger partial charge in [0, 0.05) is 20.1 Å². The average molecular weight is 162 g/mol. The Kier molecular flexibility index (Phi) is 6.51. The number of hydrogen-bond acceptors (Lipinski definition) is 3. The number of methoxy groups -OCH3 is 1. The first-order chi connectivity index (χ1) is 5.24. The topological polar surface area (TPSA) is 38.7 Å². The van der Waals surface area contributed by atoms with E-state index in [0.717, 1.165) is 6.42 Å². The molecule has 0 amide bonds. The van der Waals surface area contributed by atoms with Gasteiger partial charge in [0.2, 0.25) is 0 Å². The van der Waals surface area contributed by atoms with Crippen LogP contribution in [0.25, 0.3) is 0 Å². The van der Waals surface area contributed by atoms with Crippen LogP contribution >= 0.6 is 0 Å². The Hall–Kier alpha value is -0.120. The third kappa shape index (κ3) is 5.18. The molecule has 0 heterocycles. The molecule has 2 atom stereocenters. The van der Waals surface area contributed by atoms with Crippen molar-refractivity contribution in [1.82, 2.24) is 0 Å². The summed E-state index contributed by atoms with van der Waals surface area (Å²) in [5, 5.41) is 9.23. The van der Waals surface area contributed by atoms with Crippen LogP contribution in [0.4, 0.5) is 0 Å². The maximum atomic E-state index is 9.23. The van der Waals surface area contributed by atoms with Crippen LogP contribution in [0.1, 0.15) is 26.7 Å². The third-order valence-corrected chi connectivity index (χ3v) is 1.55. The van der Waals surface area contributed by atoms with Crippen molar-refractivity contribution in [3.8, 4) is 0 Å². The van der Waals surface area contributed by atoms with Crippen molar-refractivity contribution in [2.24, 2.45) is 0 Å². The Morgan fingerprint density at radius 3 is 2.36 bits per heavy atom. The lowest BCUT2D eigenvalue weighted by Crippen LogP contribution is -2.22. The van der Waals surface area contributed by atoms with Gasteiger partial charge in [-0.15, -0.1) is 0 Å². The second-order valence-electron chi connectivity index (χ2n) is 2.42. The van der Waals surface area contributed by atoms with Crippen molar-refractivity contribution < 1.29 is 14.6 Å². The highest BCUT2D eigenvalue weighted by Crippen LogP contribution is 2.05. The van der Waals surface area contributed by atoms with Gasteiger partial charge in [-0.3, -0.25) is 0 Å². The zero-order valence-electron chi connectivity index (χ0n) is 7.54. The summed E-state index contributed by atoms with van der Waals surface area (Å²) < 4.78 is 10.2. The summed E-state index contributed by atoms with van der Waals surface area (Å²) >= 11 is 0. The van der Waals surface area contributed by atoms with E-state index in [1.807, 2.05) is 13.8 Å². The highest BCUT2D eigenvalue weighted by molar-refractivity contribution is 4.54. The lowest BCUT2D eigenvalue weighted by molar-refractivity contribution is -0.138. The largest absolute Gasteiger partial charge is 0.393 e. The first-order valence-corrected chi connectivity index (χ1v) is 4.07. The maximum absolute atomic E-state index is 9.23. The van der Waals surface area contributed by atoms with E-state index in [0.29, 0.717) is 13.0 Å². The van der Waals surface area contributed by atoms with Crippen LogP contribution in [0, 0.1) is 0 Å². The van der Waals surface area contributed by atoms with E-state index in [1.165, 1.54) is 0 Å². The molecule has 0 radical (unpaired) electrons. The Labute approximate surface area is 68.3 Å². The van der Waals surface area contributed by atoms with E-state index in [-0.39, 0.29) is 12.4 Å². The van der Waals surface area contributed by atoms with E-state index in [9.17, 15) is 5.11 Å². The lowest BCUT2D eigenvalue weighted by atomic mass is 10.2. The van der Waals surface area contributed by atoms with Crippen LogP contribution in [-0.2, 0) is 9.47 Å². The fourth-order valence-corrected chi connectivity index (χ4v) is 0.807. The van der Waals surface area contributed by atoms with E-state index in [1.54, 1.807) is 7.11 Å². The van der Waals surface area contributed by atoms with E-state index in [4.69, 9.17) is 9.47 Å². The third-order valence-electron chi connectivity index (χ3n) is 1.55. The molecule has 0 aromatic rings. The Balaban J connectivity index is 3.49. The quantitative estimate of drug-likeness (QED) is 0.595. The molecule has 0 aliphatic rings. The molecule has 0 saturated heterocycles. The average Bonchev–Trinajstić information content (AvgIpc) is 2.03. The van der Waals surface area contributed by atoms with E-state index < -0.39 is 0 Å². The van der Waals surface area contributed by atoms with Crippen molar-refractivity contribution >= 4 is 0 Å². The Bertz CT molecular complexity index is 85.4. The van der Waals surface area contributed by atoms with Crippen LogP contribution in [0.5, 0.6) is 0 Å². The molecule has 3 heteroatoms. The van der Waals surface area contributed by atoms with E-state index in [2.05, 4.69) is 0 Å². The molecule has 68 valence electrons. The first-order valence-electron chi connectivity index (χ1n) is 4.07. The summed E-state index contributed by atoms with van der Waals surface area (Å²) in [7, 11) is 1.59. The van der Waals surface area contributed by atoms with Gasteiger partial charge < -0.3 is 14.6 Å². The van der Waals surface area contributed by atoms with Gasteiger partial charge in [-0.25, -0.2) is 0 Å². The number of rotatable bonds is 6. The number of ether oxygens (including phenoxy) is 2. The fourth-order valence-electron chi connectivity index (χ4n) is 0.807. The molecule has 0 rings (SSSR count). The molecule has 0 fully saturated rings. The van der Waals surface area contributed by atoms with Crippen LogP contribution < -0.4 is 0 Å². The predicted octanol–water partition coefficient (Wildman–Crippen LogP) is 1.16. The number of hydrogen-bond donors (Lipinski definition) is 1. The monoisotopic (exact) mass is 162 g/mol. The van der Waals surface area contributed by atoms with Gasteiger partial charge in [-0.05, 0) is 13.3 Å². The summed E-state index contributed by atoms with van der Waals surface area (Å²) in [5.74, 6) is 0. The lowest BCUT2D eigenvalue weighted by Gasteiger charge is -2.17. The highest BCUT2D eigenvalue weighted by Gasteiger charge is 2.11. The second-order valence-corrected chi connectivity index (χ2v) is 2.42. The normalized spacial score (nSPS) is 16.4. The summed E-state index contributed by atoms with van der Waals surface area (Å²) in [4.78, 5) is 0. The predicted molar refractivity (Wildman–Crippen MR) is 43.3 cm³/mol. The molecule has 2 unspecified atom stereocenters. The SMILES string of the molecule is CCOC(CC(O)CC)OC. The molecule has 0 aliphatic carbocycles. The summed E-state index contributed by atoms with van der Waals surface area (Å²) in [6.07, 6.45) is 0.731. The van der Waals surface area contributed by atoms with Gasteiger partial charge >= 0.3 is 0 Å². The standard InChI is InChI=1S/C8H18O3/c1-4-7(9)6-8(10-3)11-5-2/h7-9H,4-6H2,1-3H3. The van der Waals surface area contributed by atoms with Gasteiger partial charge in [0.15, 0.2) is 6.29 Å². The second kappa shape index (κ2) is 6.58. The van der Waals surface area contributed by atoms with Crippen LogP contribution in [0.2, 0.25) is 0 Å². The molecule has 3 nitrogen and oxygen atoms in total. The summed E-state index contributed by atoms with van der Waals surface area (Å²) in [5.41, 5.74) is 0. The molecule has 0 aromatic heterocycles. The molecule has 0 aromatic carbocycles. The van der Waals surface area contributed by atoms with Crippen LogP contribution in [0.15, 0.2) is 0 Å². The van der Waals surface area contributed by atoms with Gasteiger partial charge in [-0.2, -0.15) is 0 Å². The minimum Gasteiger partial charge on any atom is -0.393 e. The minimum absolute atomic E-state index is 0.255. The minimum atomic E-state index is -0.313. The zero-order valence-corrected chi connectivity index (χ0v) is 7.54. The van der Waals surface area contributed by atoms with Crippen molar-refractivity contribution in [3.05, 3.63) is 0 Å². The Morgan fingerprint density at radius 1 is 1.36 bits per heavy atom. The maximum Gasteiger partial charge on any atom is 0.159 e. The number of aliphatic hydroxyl groups excluding tert-OH is 1.